The zero-order valence-electron chi connectivity index (χ0n) is 24.6. The number of nitrogens with zero attached hydrogens (tertiary/aromatic N) is 1. The Morgan fingerprint density at radius 3 is 2.39 bits per heavy atom. The van der Waals surface area contributed by atoms with E-state index in [1.807, 2.05) is 29.2 Å². The van der Waals surface area contributed by atoms with Crippen molar-refractivity contribution in [3.63, 3.8) is 0 Å². The quantitative estimate of drug-likeness (QED) is 0.239. The van der Waals surface area contributed by atoms with Crippen molar-refractivity contribution in [2.75, 3.05) is 46.6 Å². The van der Waals surface area contributed by atoms with Crippen LogP contribution >= 0.6 is 0 Å². The van der Waals surface area contributed by atoms with Crippen LogP contribution in [0.4, 0.5) is 0 Å². The number of morpholine rings is 1. The number of amides is 1. The minimum absolute atomic E-state index is 0.0132. The third kappa shape index (κ3) is 9.05. The van der Waals surface area contributed by atoms with Gasteiger partial charge in [0.2, 0.25) is 5.91 Å². The number of ether oxygens (including phenoxy) is 3. The summed E-state index contributed by atoms with van der Waals surface area (Å²) in [7, 11) is 1.59. The summed E-state index contributed by atoms with van der Waals surface area (Å²) >= 11 is 0. The van der Waals surface area contributed by atoms with Crippen molar-refractivity contribution in [2.24, 2.45) is 11.8 Å². The molecule has 0 radical (unpaired) electrons. The van der Waals surface area contributed by atoms with Gasteiger partial charge in [-0.15, -0.1) is 0 Å². The van der Waals surface area contributed by atoms with Gasteiger partial charge in [-0.1, -0.05) is 30.7 Å². The second kappa shape index (κ2) is 14.3. The number of epoxide rings is 1. The lowest BCUT2D eigenvalue weighted by Crippen LogP contribution is -2.46. The van der Waals surface area contributed by atoms with Gasteiger partial charge in [-0.25, -0.2) is 0 Å². The molecule has 2 aliphatic heterocycles. The number of carbonyl (C=O) groups is 4. The normalized spacial score (nSPS) is 22.8. The SMILES string of the molecule is COc1ccc(CC(NC(=O)C(C)CC(=O)CN2CCOCC2)C(=O)CC(CC2=CCCC2)C(=O)C2(C)CO2)cc1. The maximum atomic E-state index is 13.8. The summed E-state index contributed by atoms with van der Waals surface area (Å²) < 4.78 is 16.0. The molecule has 3 aliphatic rings. The Morgan fingerprint density at radius 1 is 1.07 bits per heavy atom. The molecule has 1 aromatic carbocycles. The van der Waals surface area contributed by atoms with Gasteiger partial charge in [-0.3, -0.25) is 24.1 Å². The van der Waals surface area contributed by atoms with Crippen LogP contribution in [-0.4, -0.2) is 86.4 Å². The molecule has 1 aliphatic carbocycles. The zero-order chi connectivity index (χ0) is 29.4. The molecule has 0 aromatic heterocycles. The molecule has 2 heterocycles. The number of allylic oxidation sites excluding steroid dienone is 2. The van der Waals surface area contributed by atoms with Gasteiger partial charge in [0.25, 0.3) is 0 Å². The summed E-state index contributed by atoms with van der Waals surface area (Å²) in [5, 5.41) is 2.93. The molecule has 2 fully saturated rings. The van der Waals surface area contributed by atoms with Crippen molar-refractivity contribution in [2.45, 2.75) is 70.4 Å². The molecule has 1 aromatic rings. The molecule has 224 valence electrons. The topological polar surface area (TPSA) is 115 Å². The molecule has 4 atom stereocenters. The maximum absolute atomic E-state index is 13.8. The lowest BCUT2D eigenvalue weighted by atomic mass is 9.83. The van der Waals surface area contributed by atoms with Crippen molar-refractivity contribution in [3.05, 3.63) is 41.5 Å². The molecule has 9 nitrogen and oxygen atoms in total. The minimum atomic E-state index is -0.825. The lowest BCUT2D eigenvalue weighted by Gasteiger charge is -2.26. The standard InChI is InChI=1S/C32H44N2O7/c1-22(16-26(35)20-34-12-14-40-15-13-34)31(38)33-28(18-24-8-10-27(39-3)11-9-24)29(36)19-25(17-23-6-4-5-7-23)30(37)32(2)21-41-32/h6,8-11,22,25,28H,4-5,7,12-21H2,1-3H3,(H,33,38). The van der Waals surface area contributed by atoms with Gasteiger partial charge in [0.05, 0.1) is 39.5 Å². The Kier molecular flexibility index (Phi) is 10.9. The highest BCUT2D eigenvalue weighted by atomic mass is 16.6. The largest absolute Gasteiger partial charge is 0.497 e. The highest BCUT2D eigenvalue weighted by Crippen LogP contribution is 2.35. The van der Waals surface area contributed by atoms with E-state index in [9.17, 15) is 19.2 Å². The van der Waals surface area contributed by atoms with Crippen LogP contribution in [0.3, 0.4) is 0 Å². The van der Waals surface area contributed by atoms with Gasteiger partial charge >= 0.3 is 0 Å². The first-order chi connectivity index (χ1) is 19.7. The van der Waals surface area contributed by atoms with E-state index >= 15 is 0 Å². The Balaban J connectivity index is 1.44. The molecular weight excluding hydrogens is 524 g/mol. The minimum Gasteiger partial charge on any atom is -0.497 e. The molecule has 0 saturated carbocycles. The van der Waals surface area contributed by atoms with Gasteiger partial charge in [0.15, 0.2) is 11.6 Å². The highest BCUT2D eigenvalue weighted by Gasteiger charge is 2.50. The zero-order valence-corrected chi connectivity index (χ0v) is 24.6. The molecule has 0 spiro atoms. The predicted octanol–water partition coefficient (Wildman–Crippen LogP) is 3.08. The number of benzene rings is 1. The Hall–Kier alpha value is -2.88. The first-order valence-electron chi connectivity index (χ1n) is 14.8. The summed E-state index contributed by atoms with van der Waals surface area (Å²) in [5.41, 5.74) is 1.25. The van der Waals surface area contributed by atoms with E-state index in [1.165, 1.54) is 5.57 Å². The van der Waals surface area contributed by atoms with Crippen molar-refractivity contribution in [1.29, 1.82) is 0 Å². The van der Waals surface area contributed by atoms with Gasteiger partial charge in [0.1, 0.15) is 17.1 Å². The number of hydrogen-bond acceptors (Lipinski definition) is 8. The fourth-order valence-electron chi connectivity index (χ4n) is 5.63. The molecule has 2 saturated heterocycles. The molecular formula is C32H44N2O7. The van der Waals surface area contributed by atoms with Crippen LogP contribution in [0.1, 0.15) is 57.9 Å². The Labute approximate surface area is 243 Å². The number of rotatable bonds is 16. The smallest absolute Gasteiger partial charge is 0.223 e. The summed E-state index contributed by atoms with van der Waals surface area (Å²) in [4.78, 5) is 55.2. The average molecular weight is 569 g/mol. The van der Waals surface area contributed by atoms with Crippen LogP contribution in [0.15, 0.2) is 35.9 Å². The van der Waals surface area contributed by atoms with E-state index in [1.54, 1.807) is 21.0 Å². The van der Waals surface area contributed by atoms with E-state index in [2.05, 4.69) is 11.4 Å². The van der Waals surface area contributed by atoms with Crippen molar-refractivity contribution >= 4 is 23.3 Å². The van der Waals surface area contributed by atoms with E-state index in [-0.39, 0.29) is 49.1 Å². The third-order valence-electron chi connectivity index (χ3n) is 8.35. The number of Topliss-reactive ketones (excluding diaryl/α,β-unsaturated/α-hetero) is 3. The number of ketones is 3. The second-order valence-corrected chi connectivity index (χ2v) is 11.9. The van der Waals surface area contributed by atoms with Gasteiger partial charge in [-0.2, -0.15) is 0 Å². The van der Waals surface area contributed by atoms with Crippen molar-refractivity contribution < 1.29 is 33.4 Å². The number of carbonyl (C=O) groups excluding carboxylic acids is 4. The summed E-state index contributed by atoms with van der Waals surface area (Å²) in [6.07, 6.45) is 6.12. The van der Waals surface area contributed by atoms with Crippen LogP contribution in [0.2, 0.25) is 0 Å². The summed E-state index contributed by atoms with van der Waals surface area (Å²) in [5.74, 6) is -0.984. The molecule has 9 heteroatoms. The van der Waals surface area contributed by atoms with Crippen LogP contribution in [0.5, 0.6) is 5.75 Å². The number of nitrogens with one attached hydrogen (secondary N) is 1. The van der Waals surface area contributed by atoms with Crippen LogP contribution < -0.4 is 10.1 Å². The Morgan fingerprint density at radius 2 is 1.78 bits per heavy atom. The lowest BCUT2D eigenvalue weighted by molar-refractivity contribution is -0.134. The van der Waals surface area contributed by atoms with Gasteiger partial charge in [0, 0.05) is 37.8 Å². The van der Waals surface area contributed by atoms with Crippen LogP contribution in [0, 0.1) is 11.8 Å². The van der Waals surface area contributed by atoms with E-state index in [0.717, 1.165) is 24.8 Å². The van der Waals surface area contributed by atoms with Crippen molar-refractivity contribution in [3.8, 4) is 5.75 Å². The van der Waals surface area contributed by atoms with Crippen LogP contribution in [-0.2, 0) is 35.1 Å². The van der Waals surface area contributed by atoms with Crippen molar-refractivity contribution in [1.82, 2.24) is 10.2 Å². The maximum Gasteiger partial charge on any atom is 0.223 e. The molecule has 1 N–H and O–H groups in total. The van der Waals surface area contributed by atoms with E-state index < -0.39 is 23.5 Å². The molecule has 1 amide bonds. The second-order valence-electron chi connectivity index (χ2n) is 11.9. The summed E-state index contributed by atoms with van der Waals surface area (Å²) in [6, 6.07) is 6.54. The first kappa shape index (κ1) is 31.1. The Bertz CT molecular complexity index is 1120. The average Bonchev–Trinajstić information content (AvgIpc) is 3.51. The predicted molar refractivity (Wildman–Crippen MR) is 154 cm³/mol. The molecule has 4 rings (SSSR count). The molecule has 41 heavy (non-hydrogen) atoms. The number of methoxy groups -OCH3 is 1. The van der Waals surface area contributed by atoms with Crippen LogP contribution in [0.25, 0.3) is 0 Å². The fourth-order valence-corrected chi connectivity index (χ4v) is 5.63. The van der Waals surface area contributed by atoms with E-state index in [0.29, 0.717) is 45.1 Å². The molecule has 0 bridgehead atoms. The number of hydrogen-bond donors (Lipinski definition) is 1. The van der Waals surface area contributed by atoms with Gasteiger partial charge < -0.3 is 19.5 Å². The van der Waals surface area contributed by atoms with Gasteiger partial charge in [-0.05, 0) is 56.7 Å². The highest BCUT2D eigenvalue weighted by molar-refractivity contribution is 5.97. The van der Waals surface area contributed by atoms with E-state index in [4.69, 9.17) is 14.2 Å². The fraction of sp³-hybridized carbons (Fsp3) is 0.625. The molecule has 4 unspecified atom stereocenters. The first-order valence-corrected chi connectivity index (χ1v) is 14.8. The summed E-state index contributed by atoms with van der Waals surface area (Å²) in [6.45, 7) is 6.76. The monoisotopic (exact) mass is 568 g/mol. The third-order valence-corrected chi connectivity index (χ3v) is 8.35.